The number of nitrogens with one attached hydrogen (secondary N) is 2. The van der Waals surface area contributed by atoms with Gasteiger partial charge >= 0.3 is 6.03 Å². The van der Waals surface area contributed by atoms with Gasteiger partial charge in [-0.25, -0.2) is 9.78 Å². The Morgan fingerprint density at radius 2 is 2.04 bits per heavy atom. The number of nitrogens with zero attached hydrogens (tertiary/aromatic N) is 4. The Morgan fingerprint density at radius 3 is 2.79 bits per heavy atom. The number of amides is 2. The predicted octanol–water partition coefficient (Wildman–Crippen LogP) is 2.34. The topological polar surface area (TPSA) is 76.8 Å². The molecule has 0 fully saturated rings. The third kappa shape index (κ3) is 4.45. The van der Waals surface area contributed by atoms with Gasteiger partial charge in [-0.3, -0.25) is 10.00 Å². The molecule has 0 saturated heterocycles. The zero-order valence-electron chi connectivity index (χ0n) is 13.5. The first-order valence-corrected chi connectivity index (χ1v) is 7.80. The monoisotopic (exact) mass is 324 g/mol. The van der Waals surface area contributed by atoms with Crippen LogP contribution in [-0.4, -0.2) is 31.4 Å². The maximum Gasteiger partial charge on any atom is 0.320 e. The van der Waals surface area contributed by atoms with Gasteiger partial charge in [0.2, 0.25) is 0 Å². The Morgan fingerprint density at radius 1 is 1.21 bits per heavy atom. The molecule has 0 unspecified atom stereocenters. The first kappa shape index (κ1) is 15.8. The van der Waals surface area contributed by atoms with E-state index in [1.807, 2.05) is 54.2 Å². The number of imidazole rings is 1. The van der Waals surface area contributed by atoms with E-state index >= 15 is 0 Å². The fourth-order valence-electron chi connectivity index (χ4n) is 2.42. The van der Waals surface area contributed by atoms with Crippen molar-refractivity contribution < 1.29 is 4.79 Å². The van der Waals surface area contributed by atoms with Crippen LogP contribution in [0.5, 0.6) is 0 Å². The smallest absolute Gasteiger partial charge is 0.320 e. The molecule has 0 saturated carbocycles. The molecule has 3 aromatic rings. The molecule has 1 aromatic carbocycles. The summed E-state index contributed by atoms with van der Waals surface area (Å²) in [6, 6.07) is 11.5. The van der Waals surface area contributed by atoms with Crippen LogP contribution in [0.3, 0.4) is 0 Å². The van der Waals surface area contributed by atoms with Crippen LogP contribution in [0, 0.1) is 0 Å². The predicted molar refractivity (Wildman–Crippen MR) is 91.6 cm³/mol. The molecule has 124 valence electrons. The molecule has 3 rings (SSSR count). The minimum absolute atomic E-state index is 0.0226. The number of aromatic nitrogens is 4. The number of carbonyl (C=O) groups is 1. The highest BCUT2D eigenvalue weighted by Gasteiger charge is 2.09. The summed E-state index contributed by atoms with van der Waals surface area (Å²) in [5.41, 5.74) is 1.16. The van der Waals surface area contributed by atoms with Gasteiger partial charge in [0.15, 0.2) is 5.82 Å². The Hall–Kier alpha value is -3.09. The van der Waals surface area contributed by atoms with Crippen LogP contribution in [0.4, 0.5) is 10.6 Å². The first-order chi connectivity index (χ1) is 11.7. The molecular formula is C17H20N6O. The van der Waals surface area contributed by atoms with Crippen molar-refractivity contribution in [1.82, 2.24) is 24.6 Å². The van der Waals surface area contributed by atoms with E-state index < -0.39 is 0 Å². The van der Waals surface area contributed by atoms with E-state index in [1.165, 1.54) is 0 Å². The molecule has 0 aliphatic rings. The molecule has 0 aliphatic carbocycles. The second-order valence-electron chi connectivity index (χ2n) is 5.64. The van der Waals surface area contributed by atoms with Crippen LogP contribution in [0.15, 0.2) is 61.3 Å². The van der Waals surface area contributed by atoms with Crippen molar-refractivity contribution in [2.24, 2.45) is 0 Å². The lowest BCUT2D eigenvalue weighted by molar-refractivity contribution is 0.248. The number of hydrogen-bond donors (Lipinski definition) is 2. The van der Waals surface area contributed by atoms with Crippen LogP contribution in [-0.2, 0) is 13.1 Å². The van der Waals surface area contributed by atoms with E-state index in [9.17, 15) is 4.79 Å². The van der Waals surface area contributed by atoms with Crippen molar-refractivity contribution in [3.05, 3.63) is 66.9 Å². The zero-order valence-corrected chi connectivity index (χ0v) is 13.5. The van der Waals surface area contributed by atoms with Gasteiger partial charge in [0, 0.05) is 37.2 Å². The molecule has 0 aliphatic heterocycles. The lowest BCUT2D eigenvalue weighted by atomic mass is 10.2. The molecule has 2 amide bonds. The van der Waals surface area contributed by atoms with Crippen LogP contribution in [0.1, 0.15) is 12.5 Å². The Balaban J connectivity index is 1.49. The number of anilines is 1. The molecule has 0 bridgehead atoms. The minimum Gasteiger partial charge on any atom is -0.335 e. The number of rotatable bonds is 6. The van der Waals surface area contributed by atoms with Crippen LogP contribution >= 0.6 is 0 Å². The van der Waals surface area contributed by atoms with Gasteiger partial charge in [-0.05, 0) is 12.5 Å². The summed E-state index contributed by atoms with van der Waals surface area (Å²) in [6.45, 7) is 3.27. The summed E-state index contributed by atoms with van der Waals surface area (Å²) in [5.74, 6) is 0.526. The van der Waals surface area contributed by atoms with E-state index in [0.29, 0.717) is 18.9 Å². The fourth-order valence-corrected chi connectivity index (χ4v) is 2.42. The number of carbonyl (C=O) groups excluding carboxylic acids is 1. The molecule has 1 atom stereocenters. The van der Waals surface area contributed by atoms with Crippen LogP contribution in [0.2, 0.25) is 0 Å². The number of urea groups is 1. The zero-order chi connectivity index (χ0) is 16.8. The van der Waals surface area contributed by atoms with Gasteiger partial charge in [-0.1, -0.05) is 30.3 Å². The van der Waals surface area contributed by atoms with Gasteiger partial charge in [-0.2, -0.15) is 5.10 Å². The van der Waals surface area contributed by atoms with Crippen LogP contribution in [0.25, 0.3) is 0 Å². The number of hydrogen-bond acceptors (Lipinski definition) is 3. The molecule has 2 aromatic heterocycles. The molecular weight excluding hydrogens is 304 g/mol. The third-order valence-corrected chi connectivity index (χ3v) is 3.49. The lowest BCUT2D eigenvalue weighted by Crippen LogP contribution is -2.38. The largest absolute Gasteiger partial charge is 0.335 e. The van der Waals surface area contributed by atoms with Gasteiger partial charge in [0.05, 0.1) is 12.9 Å². The Bertz CT molecular complexity index is 766. The van der Waals surface area contributed by atoms with Crippen molar-refractivity contribution in [3.63, 3.8) is 0 Å². The van der Waals surface area contributed by atoms with E-state index in [1.54, 1.807) is 23.3 Å². The highest BCUT2D eigenvalue weighted by molar-refractivity contribution is 5.88. The fraction of sp³-hybridized carbons (Fsp3) is 0.235. The Labute approximate surface area is 140 Å². The molecule has 0 radical (unpaired) electrons. The third-order valence-electron chi connectivity index (χ3n) is 3.49. The molecule has 7 heteroatoms. The van der Waals surface area contributed by atoms with Crippen molar-refractivity contribution in [2.45, 2.75) is 26.1 Å². The van der Waals surface area contributed by atoms with Crippen molar-refractivity contribution in [2.75, 3.05) is 5.32 Å². The highest BCUT2D eigenvalue weighted by atomic mass is 16.2. The standard InChI is InChI=1S/C17H20N6O/c1-14(11-22-10-8-18-13-22)19-17(24)20-16-7-9-23(21-16)12-15-5-3-2-4-6-15/h2-10,13-14H,11-12H2,1H3,(H2,19,20,21,24)/t14-/m0/s1. The SMILES string of the molecule is C[C@@H](Cn1ccnc1)NC(=O)Nc1ccn(Cc2ccccc2)n1. The maximum absolute atomic E-state index is 12.0. The lowest BCUT2D eigenvalue weighted by Gasteiger charge is -2.14. The van der Waals surface area contributed by atoms with E-state index in [4.69, 9.17) is 0 Å². The van der Waals surface area contributed by atoms with Crippen LogP contribution < -0.4 is 10.6 Å². The number of benzene rings is 1. The summed E-state index contributed by atoms with van der Waals surface area (Å²) < 4.78 is 3.71. The molecule has 2 heterocycles. The molecule has 7 nitrogen and oxygen atoms in total. The quantitative estimate of drug-likeness (QED) is 0.730. The van der Waals surface area contributed by atoms with Crippen molar-refractivity contribution in [1.29, 1.82) is 0 Å². The highest BCUT2D eigenvalue weighted by Crippen LogP contribution is 2.06. The van der Waals surface area contributed by atoms with Crippen molar-refractivity contribution >= 4 is 11.8 Å². The molecule has 24 heavy (non-hydrogen) atoms. The average molecular weight is 324 g/mol. The Kier molecular flexibility index (Phi) is 4.90. The summed E-state index contributed by atoms with van der Waals surface area (Å²) in [5, 5.41) is 9.99. The second-order valence-corrected chi connectivity index (χ2v) is 5.64. The van der Waals surface area contributed by atoms with Gasteiger partial charge in [-0.15, -0.1) is 0 Å². The van der Waals surface area contributed by atoms with Gasteiger partial charge < -0.3 is 9.88 Å². The van der Waals surface area contributed by atoms with E-state index in [2.05, 4.69) is 20.7 Å². The van der Waals surface area contributed by atoms with Crippen molar-refractivity contribution in [3.8, 4) is 0 Å². The second kappa shape index (κ2) is 7.45. The normalized spacial score (nSPS) is 11.9. The molecule has 2 N–H and O–H groups in total. The summed E-state index contributed by atoms with van der Waals surface area (Å²) in [6.07, 6.45) is 7.15. The van der Waals surface area contributed by atoms with E-state index in [0.717, 1.165) is 5.56 Å². The minimum atomic E-state index is -0.271. The maximum atomic E-state index is 12.0. The van der Waals surface area contributed by atoms with Gasteiger partial charge in [0.25, 0.3) is 0 Å². The van der Waals surface area contributed by atoms with E-state index in [-0.39, 0.29) is 12.1 Å². The average Bonchev–Trinajstić information content (AvgIpc) is 3.20. The first-order valence-electron chi connectivity index (χ1n) is 7.80. The summed E-state index contributed by atoms with van der Waals surface area (Å²) in [4.78, 5) is 16.0. The summed E-state index contributed by atoms with van der Waals surface area (Å²) in [7, 11) is 0. The van der Waals surface area contributed by atoms with Gasteiger partial charge in [0.1, 0.15) is 0 Å². The summed E-state index contributed by atoms with van der Waals surface area (Å²) >= 11 is 0. The molecule has 0 spiro atoms.